The lowest BCUT2D eigenvalue weighted by Gasteiger charge is -2.34. The lowest BCUT2D eigenvalue weighted by Crippen LogP contribution is -2.63. The lowest BCUT2D eigenvalue weighted by molar-refractivity contribution is -0.387. The predicted molar refractivity (Wildman–Crippen MR) is 96.7 cm³/mol. The average molecular weight is 622 g/mol. The third kappa shape index (κ3) is 4.94. The van der Waals surface area contributed by atoms with Crippen molar-refractivity contribution < 1.29 is 83.8 Å². The maximum Gasteiger partial charge on any atom is 0.460 e. The number of para-hydroxylation sites is 2. The van der Waals surface area contributed by atoms with Gasteiger partial charge in [0, 0.05) is 18.2 Å². The molecule has 0 spiro atoms. The van der Waals surface area contributed by atoms with Crippen molar-refractivity contribution in [3.8, 4) is 0 Å². The van der Waals surface area contributed by atoms with Gasteiger partial charge in [0.25, 0.3) is 0 Å². The van der Waals surface area contributed by atoms with Crippen LogP contribution < -0.4 is 5.32 Å². The number of rotatable bonds is 7. The van der Waals surface area contributed by atoms with Gasteiger partial charge >= 0.3 is 47.9 Å². The van der Waals surface area contributed by atoms with Crippen molar-refractivity contribution in [1.82, 2.24) is 0 Å². The number of benzene rings is 1. The summed E-state index contributed by atoms with van der Waals surface area (Å²) in [5, 5.41) is 1.66. The summed E-state index contributed by atoms with van der Waals surface area (Å²) in [5.41, 5.74) is -6.28. The first-order valence-electron chi connectivity index (χ1n) is 9.66. The highest BCUT2D eigenvalue weighted by Crippen LogP contribution is 2.55. The molecule has 0 radical (unpaired) electrons. The fraction of sp³-hybridized carbons (Fsp3) is 0.474. The number of aliphatic imine (C=N–C) groups is 1. The van der Waals surface area contributed by atoms with Gasteiger partial charge in [0.1, 0.15) is 0 Å². The summed E-state index contributed by atoms with van der Waals surface area (Å²) in [5.74, 6) is -47.3. The molecule has 21 heteroatoms. The molecule has 1 aliphatic rings. The molecule has 0 unspecified atom stereocenters. The number of carbonyl (C=O) groups excluding carboxylic acids is 1. The minimum atomic E-state index is -7.58. The molecule has 1 heterocycles. The third-order valence-electron chi connectivity index (χ3n) is 5.08. The van der Waals surface area contributed by atoms with Gasteiger partial charge in [0.15, 0.2) is 0 Å². The first kappa shape index (κ1) is 33.0. The molecule has 0 aromatic heterocycles. The van der Waals surface area contributed by atoms with Gasteiger partial charge in [-0.15, -0.1) is 0 Å². The normalized spacial score (nSPS) is 17.6. The Balaban J connectivity index is 2.69. The van der Waals surface area contributed by atoms with Crippen molar-refractivity contribution in [2.24, 2.45) is 4.99 Å². The summed E-state index contributed by atoms with van der Waals surface area (Å²) in [6, 6.07) is 3.10. The molecule has 1 aromatic rings. The van der Waals surface area contributed by atoms with Crippen LogP contribution in [0.25, 0.3) is 0 Å². The number of hydrogen-bond acceptors (Lipinski definition) is 3. The van der Waals surface area contributed by atoms with Gasteiger partial charge in [-0.1, -0.05) is 12.1 Å². The van der Waals surface area contributed by atoms with E-state index >= 15 is 0 Å². The Labute approximate surface area is 208 Å². The largest absolute Gasteiger partial charge is 0.460 e. The fourth-order valence-electron chi connectivity index (χ4n) is 2.86. The summed E-state index contributed by atoms with van der Waals surface area (Å²) in [4.78, 5) is 14.5. The molecule has 1 N–H and O–H groups in total. The highest BCUT2D eigenvalue weighted by atomic mass is 19.4. The molecule has 0 bridgehead atoms. The highest BCUT2D eigenvalue weighted by molar-refractivity contribution is 6.02. The van der Waals surface area contributed by atoms with E-state index in [1.54, 1.807) is 5.32 Å². The van der Waals surface area contributed by atoms with Gasteiger partial charge in [-0.05, 0) is 12.1 Å². The van der Waals surface area contributed by atoms with E-state index in [-0.39, 0.29) is 0 Å². The lowest BCUT2D eigenvalue weighted by atomic mass is 9.95. The molecule has 0 fully saturated rings. The van der Waals surface area contributed by atoms with E-state index < -0.39 is 89.0 Å². The van der Waals surface area contributed by atoms with Crippen LogP contribution in [0.3, 0.4) is 0 Å². The van der Waals surface area contributed by atoms with Crippen molar-refractivity contribution >= 4 is 22.9 Å². The molecule has 3 nitrogen and oxygen atoms in total. The second kappa shape index (κ2) is 9.45. The van der Waals surface area contributed by atoms with Gasteiger partial charge in [0.05, 0.1) is 17.1 Å². The highest BCUT2D eigenvalue weighted by Gasteiger charge is 2.84. The van der Waals surface area contributed by atoms with Crippen molar-refractivity contribution in [1.29, 1.82) is 0 Å². The molecule has 2 rings (SSSR count). The number of hydrogen-bond donors (Lipinski definition) is 1. The Morgan fingerprint density at radius 1 is 0.675 bits per heavy atom. The van der Waals surface area contributed by atoms with Crippen LogP contribution in [0.4, 0.5) is 90.4 Å². The summed E-state index contributed by atoms with van der Waals surface area (Å²) in [7, 11) is 0. The molecule has 0 amide bonds. The second-order valence-electron chi connectivity index (χ2n) is 7.85. The third-order valence-corrected chi connectivity index (χ3v) is 5.08. The first-order chi connectivity index (χ1) is 17.6. The maximum atomic E-state index is 14.5. The summed E-state index contributed by atoms with van der Waals surface area (Å²) in [6.45, 7) is 0. The number of ketones is 1. The number of carbonyl (C=O) groups is 1. The van der Waals surface area contributed by atoms with Crippen LogP contribution in [-0.4, -0.2) is 59.4 Å². The van der Waals surface area contributed by atoms with Gasteiger partial charge < -0.3 is 5.32 Å². The first-order valence-corrected chi connectivity index (χ1v) is 9.66. The average Bonchev–Trinajstić information content (AvgIpc) is 2.96. The molecule has 0 saturated carbocycles. The number of nitrogens with zero attached hydrogens (tertiary/aromatic N) is 1. The predicted octanol–water partition coefficient (Wildman–Crippen LogP) is 7.96. The topological polar surface area (TPSA) is 41.5 Å². The van der Waals surface area contributed by atoms with E-state index in [0.717, 1.165) is 12.1 Å². The molecule has 1 aromatic carbocycles. The number of alkyl halides is 18. The molecule has 226 valence electrons. The number of nitrogens with one attached hydrogen (secondary N) is 1. The molecule has 0 atom stereocenters. The maximum absolute atomic E-state index is 14.5. The Morgan fingerprint density at radius 2 is 1.12 bits per heavy atom. The number of allylic oxidation sites excluding steroid dienone is 2. The van der Waals surface area contributed by atoms with Crippen molar-refractivity contribution in [2.75, 3.05) is 5.32 Å². The zero-order valence-electron chi connectivity index (χ0n) is 18.3. The van der Waals surface area contributed by atoms with Gasteiger partial charge in [-0.3, -0.25) is 4.79 Å². The SMILES string of the molecule is O=C(C=C1CC(C(F)(F)C(F)(F)C(F)(F)C(F)(F)F)=Nc2ccccc2N1)C(F)(F)C(F)(F)C(F)(F)C(F)(F)F. The van der Waals surface area contributed by atoms with Crippen LogP contribution in [-0.2, 0) is 4.79 Å². The standard InChI is InChI=1S/C19H8F18N2O/c20-12(21,14(24,25)16(28,29)18(32,33)34)10-5-7(38-8-3-1-2-4-9(8)39-10)6-11(40)13(22,23)15(26,27)17(30,31)19(35,36)37/h1-4,6,38H,5H2. The van der Waals surface area contributed by atoms with Gasteiger partial charge in [-0.25, -0.2) is 4.99 Å². The Hall–Kier alpha value is -3.16. The van der Waals surface area contributed by atoms with E-state index in [2.05, 4.69) is 4.99 Å². The zero-order valence-corrected chi connectivity index (χ0v) is 18.3. The van der Waals surface area contributed by atoms with Crippen LogP contribution in [0, 0.1) is 0 Å². The van der Waals surface area contributed by atoms with E-state index in [0.29, 0.717) is 12.1 Å². The van der Waals surface area contributed by atoms with Crippen LogP contribution >= 0.6 is 0 Å². The van der Waals surface area contributed by atoms with E-state index in [4.69, 9.17) is 0 Å². The number of anilines is 1. The van der Waals surface area contributed by atoms with E-state index in [1.165, 1.54) is 0 Å². The van der Waals surface area contributed by atoms with Crippen LogP contribution in [0.1, 0.15) is 6.42 Å². The van der Waals surface area contributed by atoms with E-state index in [1.807, 2.05) is 0 Å². The molecular weight excluding hydrogens is 614 g/mol. The quantitative estimate of drug-likeness (QED) is 0.248. The Kier molecular flexibility index (Phi) is 7.81. The number of halogens is 18. The van der Waals surface area contributed by atoms with Crippen molar-refractivity contribution in [3.05, 3.63) is 36.0 Å². The Morgan fingerprint density at radius 3 is 1.60 bits per heavy atom. The Bertz CT molecular complexity index is 1210. The molecular formula is C19H8F18N2O. The summed E-state index contributed by atoms with van der Waals surface area (Å²) in [6.07, 6.45) is -18.0. The smallest absolute Gasteiger partial charge is 0.357 e. The fourth-order valence-corrected chi connectivity index (χ4v) is 2.86. The molecule has 1 aliphatic heterocycles. The minimum absolute atomic E-state index is 0.593. The monoisotopic (exact) mass is 622 g/mol. The molecule has 0 saturated heterocycles. The van der Waals surface area contributed by atoms with Crippen molar-refractivity contribution in [2.45, 2.75) is 54.3 Å². The molecule has 40 heavy (non-hydrogen) atoms. The van der Waals surface area contributed by atoms with Gasteiger partial charge in [-0.2, -0.15) is 79.0 Å². The van der Waals surface area contributed by atoms with Crippen LogP contribution in [0.15, 0.2) is 41.0 Å². The zero-order chi connectivity index (χ0) is 31.5. The number of fused-ring (bicyclic) bond motifs is 1. The molecule has 0 aliphatic carbocycles. The van der Waals surface area contributed by atoms with Crippen LogP contribution in [0.2, 0.25) is 0 Å². The minimum Gasteiger partial charge on any atom is -0.357 e. The second-order valence-corrected chi connectivity index (χ2v) is 7.85. The van der Waals surface area contributed by atoms with Crippen molar-refractivity contribution in [3.63, 3.8) is 0 Å². The summed E-state index contributed by atoms with van der Waals surface area (Å²) >= 11 is 0. The summed E-state index contributed by atoms with van der Waals surface area (Å²) < 4.78 is 239. The van der Waals surface area contributed by atoms with Crippen LogP contribution in [0.5, 0.6) is 0 Å². The van der Waals surface area contributed by atoms with Gasteiger partial charge in [0.2, 0.25) is 5.78 Å². The van der Waals surface area contributed by atoms with E-state index in [9.17, 15) is 83.8 Å².